The second-order valence-electron chi connectivity index (χ2n) is 4.56. The molecule has 0 aliphatic rings. The number of halogens is 1. The van der Waals surface area contributed by atoms with Gasteiger partial charge in [-0.2, -0.15) is 0 Å². The first-order chi connectivity index (χ1) is 7.42. The number of rotatable bonds is 4. The molecular weight excluding hydrogens is 224 g/mol. The molecular formula is C12H19ClN2O. The van der Waals surface area contributed by atoms with E-state index >= 15 is 0 Å². The Kier molecular flexibility index (Phi) is 4.19. The topological polar surface area (TPSA) is 61.3 Å². The molecule has 0 heterocycles. The zero-order valence-electron chi connectivity index (χ0n) is 9.96. The van der Waals surface area contributed by atoms with E-state index in [4.69, 9.17) is 27.8 Å². The van der Waals surface area contributed by atoms with Crippen molar-refractivity contribution in [3.63, 3.8) is 0 Å². The molecule has 1 rings (SSSR count). The molecule has 0 saturated heterocycles. The van der Waals surface area contributed by atoms with E-state index in [9.17, 15) is 0 Å². The van der Waals surface area contributed by atoms with E-state index in [-0.39, 0.29) is 11.5 Å². The number of hydrogen-bond acceptors (Lipinski definition) is 3. The Morgan fingerprint density at radius 1 is 1.44 bits per heavy atom. The average molecular weight is 243 g/mol. The minimum atomic E-state index is -0.203. The van der Waals surface area contributed by atoms with Crippen molar-refractivity contribution >= 4 is 11.6 Å². The van der Waals surface area contributed by atoms with E-state index in [1.807, 2.05) is 26.0 Å². The van der Waals surface area contributed by atoms with Crippen LogP contribution in [0.25, 0.3) is 0 Å². The van der Waals surface area contributed by atoms with Gasteiger partial charge in [-0.3, -0.25) is 0 Å². The molecule has 0 aromatic heterocycles. The van der Waals surface area contributed by atoms with Gasteiger partial charge >= 0.3 is 0 Å². The minimum absolute atomic E-state index is 0.196. The summed E-state index contributed by atoms with van der Waals surface area (Å²) in [6, 6.07) is 5.24. The zero-order valence-corrected chi connectivity index (χ0v) is 10.7. The third-order valence-corrected chi connectivity index (χ3v) is 3.13. The fourth-order valence-corrected chi connectivity index (χ4v) is 1.68. The first-order valence-electron chi connectivity index (χ1n) is 5.21. The highest BCUT2D eigenvalue weighted by Gasteiger charge is 2.28. The normalized spacial score (nSPS) is 13.6. The third-order valence-electron chi connectivity index (χ3n) is 2.89. The zero-order chi connectivity index (χ0) is 12.3. The molecule has 0 aliphatic heterocycles. The van der Waals surface area contributed by atoms with Crippen molar-refractivity contribution < 1.29 is 4.74 Å². The molecule has 0 spiro atoms. The summed E-state index contributed by atoms with van der Waals surface area (Å²) < 4.78 is 5.28. The summed E-state index contributed by atoms with van der Waals surface area (Å²) >= 11 is 5.97. The molecule has 4 N–H and O–H groups in total. The van der Waals surface area contributed by atoms with E-state index in [0.29, 0.717) is 11.6 Å². The lowest BCUT2D eigenvalue weighted by Gasteiger charge is -2.31. The minimum Gasteiger partial charge on any atom is -0.496 e. The van der Waals surface area contributed by atoms with Gasteiger partial charge in [-0.1, -0.05) is 25.4 Å². The molecule has 0 fully saturated rings. The largest absolute Gasteiger partial charge is 0.496 e. The number of nitrogens with two attached hydrogens (primary N) is 2. The van der Waals surface area contributed by atoms with Crippen LogP contribution in [0.2, 0.25) is 5.02 Å². The SMILES string of the molecule is COc1ccc(Cl)cc1C(N)C(C)(C)CN. The molecule has 0 aliphatic carbocycles. The Morgan fingerprint density at radius 3 is 2.56 bits per heavy atom. The van der Waals surface area contributed by atoms with E-state index in [0.717, 1.165) is 11.3 Å². The van der Waals surface area contributed by atoms with Gasteiger partial charge in [0.2, 0.25) is 0 Å². The fourth-order valence-electron chi connectivity index (χ4n) is 1.50. The maximum Gasteiger partial charge on any atom is 0.123 e. The molecule has 0 amide bonds. The molecule has 0 saturated carbocycles. The summed E-state index contributed by atoms with van der Waals surface area (Å²) in [4.78, 5) is 0. The van der Waals surface area contributed by atoms with Gasteiger partial charge < -0.3 is 16.2 Å². The van der Waals surface area contributed by atoms with Crippen LogP contribution in [-0.2, 0) is 0 Å². The van der Waals surface area contributed by atoms with Gasteiger partial charge in [0.05, 0.1) is 7.11 Å². The Bertz CT molecular complexity index is 366. The van der Waals surface area contributed by atoms with Gasteiger partial charge in [0.15, 0.2) is 0 Å². The lowest BCUT2D eigenvalue weighted by molar-refractivity contribution is 0.292. The van der Waals surface area contributed by atoms with Crippen molar-refractivity contribution in [1.82, 2.24) is 0 Å². The van der Waals surface area contributed by atoms with Crippen LogP contribution in [0, 0.1) is 5.41 Å². The highest BCUT2D eigenvalue weighted by atomic mass is 35.5. The van der Waals surface area contributed by atoms with Crippen molar-refractivity contribution in [3.8, 4) is 5.75 Å². The van der Waals surface area contributed by atoms with Crippen LogP contribution in [0.15, 0.2) is 18.2 Å². The molecule has 90 valence electrons. The number of benzene rings is 1. The van der Waals surface area contributed by atoms with Crippen molar-refractivity contribution in [1.29, 1.82) is 0 Å². The standard InChI is InChI=1S/C12H19ClN2O/c1-12(2,7-14)11(15)9-6-8(13)4-5-10(9)16-3/h4-6,11H,7,14-15H2,1-3H3. The van der Waals surface area contributed by atoms with Crippen LogP contribution in [0.5, 0.6) is 5.75 Å². The number of ether oxygens (including phenoxy) is 1. The van der Waals surface area contributed by atoms with E-state index in [2.05, 4.69) is 0 Å². The summed E-state index contributed by atoms with van der Waals surface area (Å²) in [6.45, 7) is 4.56. The van der Waals surface area contributed by atoms with Crippen LogP contribution in [0.1, 0.15) is 25.5 Å². The quantitative estimate of drug-likeness (QED) is 0.852. The lowest BCUT2D eigenvalue weighted by atomic mass is 9.81. The summed E-state index contributed by atoms with van der Waals surface area (Å²) in [5, 5.41) is 0.652. The smallest absolute Gasteiger partial charge is 0.123 e. The second kappa shape index (κ2) is 5.04. The van der Waals surface area contributed by atoms with Gasteiger partial charge in [0.1, 0.15) is 5.75 Å². The van der Waals surface area contributed by atoms with Gasteiger partial charge in [-0.15, -0.1) is 0 Å². The molecule has 1 aromatic rings. The Labute approximate surface area is 102 Å². The Balaban J connectivity index is 3.16. The number of methoxy groups -OCH3 is 1. The predicted octanol–water partition coefficient (Wildman–Crippen LogP) is 2.33. The average Bonchev–Trinajstić information content (AvgIpc) is 2.28. The van der Waals surface area contributed by atoms with Gasteiger partial charge in [0.25, 0.3) is 0 Å². The fraction of sp³-hybridized carbons (Fsp3) is 0.500. The van der Waals surface area contributed by atoms with E-state index < -0.39 is 0 Å². The van der Waals surface area contributed by atoms with Crippen LogP contribution in [-0.4, -0.2) is 13.7 Å². The Hall–Kier alpha value is -0.770. The van der Waals surface area contributed by atoms with E-state index in [1.54, 1.807) is 13.2 Å². The summed E-state index contributed by atoms with van der Waals surface area (Å²) in [6.07, 6.45) is 0. The van der Waals surface area contributed by atoms with Crippen molar-refractivity contribution in [2.24, 2.45) is 16.9 Å². The molecule has 1 unspecified atom stereocenters. The molecule has 0 radical (unpaired) electrons. The van der Waals surface area contributed by atoms with Crippen LogP contribution in [0.4, 0.5) is 0 Å². The molecule has 4 heteroatoms. The maximum absolute atomic E-state index is 6.21. The van der Waals surface area contributed by atoms with Crippen LogP contribution < -0.4 is 16.2 Å². The molecule has 3 nitrogen and oxygen atoms in total. The summed E-state index contributed by atoms with van der Waals surface area (Å²) in [5.74, 6) is 0.749. The third kappa shape index (κ3) is 2.67. The van der Waals surface area contributed by atoms with Gasteiger partial charge in [0, 0.05) is 16.6 Å². The van der Waals surface area contributed by atoms with Crippen LogP contribution in [0.3, 0.4) is 0 Å². The van der Waals surface area contributed by atoms with E-state index in [1.165, 1.54) is 0 Å². The molecule has 16 heavy (non-hydrogen) atoms. The summed E-state index contributed by atoms with van der Waals surface area (Å²) in [5.41, 5.74) is 12.6. The second-order valence-corrected chi connectivity index (χ2v) is 4.99. The highest BCUT2D eigenvalue weighted by molar-refractivity contribution is 6.30. The monoisotopic (exact) mass is 242 g/mol. The van der Waals surface area contributed by atoms with Crippen molar-refractivity contribution in [3.05, 3.63) is 28.8 Å². The van der Waals surface area contributed by atoms with Gasteiger partial charge in [-0.25, -0.2) is 0 Å². The first kappa shape index (κ1) is 13.3. The van der Waals surface area contributed by atoms with Crippen molar-refractivity contribution in [2.75, 3.05) is 13.7 Å². The summed E-state index contributed by atoms with van der Waals surface area (Å²) in [7, 11) is 1.62. The van der Waals surface area contributed by atoms with Crippen LogP contribution >= 0.6 is 11.6 Å². The van der Waals surface area contributed by atoms with Crippen molar-refractivity contribution in [2.45, 2.75) is 19.9 Å². The highest BCUT2D eigenvalue weighted by Crippen LogP contribution is 2.36. The number of hydrogen-bond donors (Lipinski definition) is 2. The molecule has 1 aromatic carbocycles. The molecule has 1 atom stereocenters. The van der Waals surface area contributed by atoms with Gasteiger partial charge in [-0.05, 0) is 30.2 Å². The first-order valence-corrected chi connectivity index (χ1v) is 5.59. The molecule has 0 bridgehead atoms. The predicted molar refractivity (Wildman–Crippen MR) is 67.8 cm³/mol. The Morgan fingerprint density at radius 2 is 2.06 bits per heavy atom. The lowest BCUT2D eigenvalue weighted by Crippen LogP contribution is -2.36. The maximum atomic E-state index is 6.21.